The van der Waals surface area contributed by atoms with Gasteiger partial charge in [0, 0.05) is 4.75 Å². The molecule has 6 heteroatoms. The van der Waals surface area contributed by atoms with E-state index in [0.29, 0.717) is 18.1 Å². The van der Waals surface area contributed by atoms with Gasteiger partial charge in [0.15, 0.2) is 11.5 Å². The van der Waals surface area contributed by atoms with Crippen molar-refractivity contribution in [3.05, 3.63) is 23.8 Å². The van der Waals surface area contributed by atoms with Crippen LogP contribution >= 0.6 is 11.8 Å². The van der Waals surface area contributed by atoms with Crippen molar-refractivity contribution in [1.82, 2.24) is 5.43 Å². The van der Waals surface area contributed by atoms with E-state index >= 15 is 0 Å². The van der Waals surface area contributed by atoms with Crippen LogP contribution in [0.4, 0.5) is 0 Å². The molecule has 1 amide bonds. The Morgan fingerprint density at radius 1 is 1.48 bits per heavy atom. The van der Waals surface area contributed by atoms with E-state index in [1.54, 1.807) is 23.9 Å². The van der Waals surface area contributed by atoms with Gasteiger partial charge in [-0.3, -0.25) is 4.79 Å². The second kappa shape index (κ2) is 7.93. The Morgan fingerprint density at radius 2 is 2.19 bits per heavy atom. The van der Waals surface area contributed by atoms with Gasteiger partial charge < -0.3 is 9.84 Å². The quantitative estimate of drug-likeness (QED) is 0.626. The van der Waals surface area contributed by atoms with Crippen LogP contribution in [0.3, 0.4) is 0 Å². The third-order valence-electron chi connectivity index (χ3n) is 2.32. The van der Waals surface area contributed by atoms with Crippen LogP contribution in [0.1, 0.15) is 33.3 Å². The van der Waals surface area contributed by atoms with Gasteiger partial charge in [0.1, 0.15) is 0 Å². The Hall–Kier alpha value is -1.69. The van der Waals surface area contributed by atoms with Gasteiger partial charge in [0.2, 0.25) is 5.91 Å². The first-order valence-electron chi connectivity index (χ1n) is 6.73. The Labute approximate surface area is 129 Å². The van der Waals surface area contributed by atoms with Gasteiger partial charge in [-0.25, -0.2) is 5.43 Å². The standard InChI is InChI=1S/C15H22N2O3S/c1-5-20-13-8-11(6-7-12(13)18)9-16-17-14(19)10-21-15(2,3)4/h6-9,18H,5,10H2,1-4H3,(H,17,19)/b16-9+. The molecule has 5 nitrogen and oxygen atoms in total. The van der Waals surface area contributed by atoms with Crippen molar-refractivity contribution in [2.24, 2.45) is 5.10 Å². The second-order valence-corrected chi connectivity index (χ2v) is 7.16. The summed E-state index contributed by atoms with van der Waals surface area (Å²) in [7, 11) is 0. The molecule has 0 radical (unpaired) electrons. The first-order chi connectivity index (χ1) is 9.81. The Kier molecular flexibility index (Phi) is 6.55. The van der Waals surface area contributed by atoms with E-state index in [1.807, 2.05) is 6.92 Å². The molecule has 0 heterocycles. The topological polar surface area (TPSA) is 70.9 Å². The lowest BCUT2D eigenvalue weighted by atomic mass is 10.2. The van der Waals surface area contributed by atoms with E-state index in [1.165, 1.54) is 12.3 Å². The minimum absolute atomic E-state index is 0.0460. The monoisotopic (exact) mass is 310 g/mol. The largest absolute Gasteiger partial charge is 0.504 e. The minimum atomic E-state index is -0.144. The number of thioether (sulfide) groups is 1. The second-order valence-electron chi connectivity index (χ2n) is 5.35. The number of aromatic hydroxyl groups is 1. The predicted molar refractivity (Wildman–Crippen MR) is 87.2 cm³/mol. The smallest absolute Gasteiger partial charge is 0.250 e. The van der Waals surface area contributed by atoms with Crippen LogP contribution in [0.2, 0.25) is 0 Å². The number of nitrogens with zero attached hydrogens (tertiary/aromatic N) is 1. The number of carbonyl (C=O) groups excluding carboxylic acids is 1. The van der Waals surface area contributed by atoms with Gasteiger partial charge >= 0.3 is 0 Å². The van der Waals surface area contributed by atoms with Crippen LogP contribution in [-0.2, 0) is 4.79 Å². The molecular weight excluding hydrogens is 288 g/mol. The third kappa shape index (κ3) is 7.04. The molecule has 0 saturated heterocycles. The highest BCUT2D eigenvalue weighted by Gasteiger charge is 2.12. The number of phenolic OH excluding ortho intramolecular Hbond substituents is 1. The van der Waals surface area contributed by atoms with E-state index < -0.39 is 0 Å². The zero-order valence-corrected chi connectivity index (χ0v) is 13.7. The number of nitrogens with one attached hydrogen (secondary N) is 1. The number of carbonyl (C=O) groups is 1. The average molecular weight is 310 g/mol. The maximum atomic E-state index is 11.6. The number of benzene rings is 1. The number of phenols is 1. The summed E-state index contributed by atoms with van der Waals surface area (Å²) >= 11 is 1.56. The highest BCUT2D eigenvalue weighted by Crippen LogP contribution is 2.26. The molecule has 0 aliphatic carbocycles. The summed E-state index contributed by atoms with van der Waals surface area (Å²) in [6.45, 7) is 8.47. The number of hydrogen-bond acceptors (Lipinski definition) is 5. The maximum absolute atomic E-state index is 11.6. The lowest BCUT2D eigenvalue weighted by molar-refractivity contribution is -0.118. The molecule has 0 fully saturated rings. The van der Waals surface area contributed by atoms with Crippen LogP contribution in [0.5, 0.6) is 11.5 Å². The fourth-order valence-corrected chi connectivity index (χ4v) is 2.00. The Bertz CT molecular complexity index is 510. The van der Waals surface area contributed by atoms with Crippen LogP contribution in [0.15, 0.2) is 23.3 Å². The highest BCUT2D eigenvalue weighted by atomic mass is 32.2. The van der Waals surface area contributed by atoms with Crippen LogP contribution in [-0.4, -0.2) is 34.3 Å². The Morgan fingerprint density at radius 3 is 2.81 bits per heavy atom. The fourth-order valence-electron chi connectivity index (χ4n) is 1.38. The van der Waals surface area contributed by atoms with Crippen molar-refractivity contribution < 1.29 is 14.6 Å². The molecule has 2 N–H and O–H groups in total. The molecule has 0 bridgehead atoms. The van der Waals surface area contributed by atoms with Gasteiger partial charge in [0.25, 0.3) is 0 Å². The molecule has 1 aromatic carbocycles. The lowest BCUT2D eigenvalue weighted by Gasteiger charge is -2.16. The summed E-state index contributed by atoms with van der Waals surface area (Å²) in [5, 5.41) is 13.5. The van der Waals surface area contributed by atoms with E-state index in [2.05, 4.69) is 31.3 Å². The molecule has 0 saturated carbocycles. The molecule has 0 unspecified atom stereocenters. The molecule has 0 aliphatic rings. The van der Waals surface area contributed by atoms with E-state index in [9.17, 15) is 9.90 Å². The molecule has 21 heavy (non-hydrogen) atoms. The molecule has 0 aliphatic heterocycles. The molecule has 1 aromatic rings. The number of rotatable bonds is 6. The van der Waals surface area contributed by atoms with Crippen LogP contribution in [0, 0.1) is 0 Å². The zero-order valence-electron chi connectivity index (χ0n) is 12.8. The van der Waals surface area contributed by atoms with E-state index in [-0.39, 0.29) is 16.4 Å². The predicted octanol–water partition coefficient (Wildman–Crippen LogP) is 2.77. The first kappa shape index (κ1) is 17.4. The van der Waals surface area contributed by atoms with Gasteiger partial charge in [-0.1, -0.05) is 20.8 Å². The summed E-state index contributed by atoms with van der Waals surface area (Å²) in [4.78, 5) is 11.6. The van der Waals surface area contributed by atoms with E-state index in [0.717, 1.165) is 5.56 Å². The van der Waals surface area contributed by atoms with Gasteiger partial charge in [0.05, 0.1) is 18.6 Å². The molecule has 1 rings (SSSR count). The van der Waals surface area contributed by atoms with E-state index in [4.69, 9.17) is 4.74 Å². The zero-order chi connectivity index (χ0) is 15.9. The number of hydrogen-bond donors (Lipinski definition) is 2. The molecule has 0 spiro atoms. The number of amides is 1. The fraction of sp³-hybridized carbons (Fsp3) is 0.467. The highest BCUT2D eigenvalue weighted by molar-refractivity contribution is 8.01. The van der Waals surface area contributed by atoms with Crippen molar-refractivity contribution in [3.63, 3.8) is 0 Å². The van der Waals surface area contributed by atoms with Crippen molar-refractivity contribution in [2.75, 3.05) is 12.4 Å². The van der Waals surface area contributed by atoms with Gasteiger partial charge in [-0.15, -0.1) is 11.8 Å². The summed E-state index contributed by atoms with van der Waals surface area (Å²) in [6.07, 6.45) is 1.52. The normalized spacial score (nSPS) is 11.6. The van der Waals surface area contributed by atoms with Gasteiger partial charge in [-0.2, -0.15) is 5.10 Å². The van der Waals surface area contributed by atoms with Gasteiger partial charge in [-0.05, 0) is 30.7 Å². The Balaban J connectivity index is 2.53. The SMILES string of the molecule is CCOc1cc(/C=N/NC(=O)CSC(C)(C)C)ccc1O. The summed E-state index contributed by atoms with van der Waals surface area (Å²) < 4.78 is 5.32. The molecule has 116 valence electrons. The first-order valence-corrected chi connectivity index (χ1v) is 7.72. The van der Waals surface area contributed by atoms with Crippen LogP contribution < -0.4 is 10.2 Å². The number of ether oxygens (including phenoxy) is 1. The summed E-state index contributed by atoms with van der Waals surface area (Å²) in [5.41, 5.74) is 3.21. The van der Waals surface area contributed by atoms with Crippen molar-refractivity contribution >= 4 is 23.9 Å². The summed E-state index contributed by atoms with van der Waals surface area (Å²) in [6, 6.07) is 4.89. The van der Waals surface area contributed by atoms with Crippen molar-refractivity contribution in [1.29, 1.82) is 0 Å². The minimum Gasteiger partial charge on any atom is -0.504 e. The number of hydrazone groups is 1. The third-order valence-corrected chi connectivity index (χ3v) is 3.60. The molecule has 0 atom stereocenters. The van der Waals surface area contributed by atoms with Crippen molar-refractivity contribution in [2.45, 2.75) is 32.4 Å². The summed E-state index contributed by atoms with van der Waals surface area (Å²) in [5.74, 6) is 0.700. The van der Waals surface area contributed by atoms with Crippen LogP contribution in [0.25, 0.3) is 0 Å². The molecular formula is C15H22N2O3S. The average Bonchev–Trinajstić information content (AvgIpc) is 2.39. The molecule has 0 aromatic heterocycles. The van der Waals surface area contributed by atoms with Crippen molar-refractivity contribution in [3.8, 4) is 11.5 Å². The maximum Gasteiger partial charge on any atom is 0.250 e. The lowest BCUT2D eigenvalue weighted by Crippen LogP contribution is -2.22.